The van der Waals surface area contributed by atoms with Gasteiger partial charge in [-0.05, 0) is 39.0 Å². The van der Waals surface area contributed by atoms with Crippen molar-refractivity contribution in [3.63, 3.8) is 0 Å². The van der Waals surface area contributed by atoms with Crippen LogP contribution in [-0.2, 0) is 28.7 Å². The lowest BCUT2D eigenvalue weighted by Gasteiger charge is -2.41. The number of aliphatic carboxylic acids is 3. The van der Waals surface area contributed by atoms with Crippen molar-refractivity contribution in [3.05, 3.63) is 0 Å². The van der Waals surface area contributed by atoms with Crippen LogP contribution >= 0.6 is 0 Å². The molecule has 0 aromatic carbocycles. The molecule has 0 radical (unpaired) electrons. The van der Waals surface area contributed by atoms with Crippen molar-refractivity contribution >= 4 is 29.7 Å². The number of nitrogens with two attached hydrogens (primary N) is 1. The summed E-state index contributed by atoms with van der Waals surface area (Å²) in [5, 5.41) is 32.7. The minimum atomic E-state index is -2.60. The maximum absolute atomic E-state index is 12.5. The lowest BCUT2D eigenvalue weighted by Crippen LogP contribution is -2.74. The summed E-state index contributed by atoms with van der Waals surface area (Å²) < 4.78 is 5.62. The molecule has 1 aliphatic carbocycles. The molecule has 0 bridgehead atoms. The average Bonchev–Trinajstić information content (AvgIpc) is 2.64. The van der Waals surface area contributed by atoms with Crippen molar-refractivity contribution in [1.29, 1.82) is 0 Å². The van der Waals surface area contributed by atoms with E-state index in [9.17, 15) is 34.2 Å². The summed E-state index contributed by atoms with van der Waals surface area (Å²) in [6.07, 6.45) is 1.92. The van der Waals surface area contributed by atoms with Crippen LogP contribution in [0.4, 0.5) is 0 Å². The molecule has 0 saturated heterocycles. The zero-order valence-electron chi connectivity index (χ0n) is 17.0. The van der Waals surface area contributed by atoms with Crippen LogP contribution in [0.2, 0.25) is 0 Å². The van der Waals surface area contributed by atoms with Crippen molar-refractivity contribution in [2.45, 2.75) is 75.6 Å². The van der Waals surface area contributed by atoms with Crippen molar-refractivity contribution in [1.82, 2.24) is 10.6 Å². The summed E-state index contributed by atoms with van der Waals surface area (Å²) in [6.45, 7) is 1.55. The van der Waals surface area contributed by atoms with Gasteiger partial charge in [0.15, 0.2) is 5.54 Å². The molecule has 0 unspecified atom stereocenters. The molecule has 0 spiro atoms. The number of carbonyl (C=O) groups excluding carboxylic acids is 2. The predicted molar refractivity (Wildman–Crippen MR) is 101 cm³/mol. The third-order valence-corrected chi connectivity index (χ3v) is 5.37. The van der Waals surface area contributed by atoms with Crippen LogP contribution in [0.1, 0.15) is 58.8 Å². The van der Waals surface area contributed by atoms with Gasteiger partial charge in [-0.3, -0.25) is 19.2 Å². The molecule has 12 heteroatoms. The number of nitrogens with one attached hydrogen (secondary N) is 2. The quantitative estimate of drug-likeness (QED) is 0.229. The molecule has 1 saturated carbocycles. The average molecular weight is 431 g/mol. The Balaban J connectivity index is 3.01. The van der Waals surface area contributed by atoms with Crippen LogP contribution < -0.4 is 16.4 Å². The number of rotatable bonds is 11. The van der Waals surface area contributed by atoms with Gasteiger partial charge in [0.1, 0.15) is 17.9 Å². The summed E-state index contributed by atoms with van der Waals surface area (Å²) >= 11 is 0. The third kappa shape index (κ3) is 5.89. The zero-order chi connectivity index (χ0) is 23.2. The molecule has 1 aliphatic rings. The highest BCUT2D eigenvalue weighted by atomic mass is 16.5. The van der Waals surface area contributed by atoms with Gasteiger partial charge in [-0.25, -0.2) is 4.79 Å². The van der Waals surface area contributed by atoms with Gasteiger partial charge in [0, 0.05) is 13.3 Å². The Hall–Kier alpha value is -2.73. The van der Waals surface area contributed by atoms with E-state index in [0.717, 1.165) is 26.2 Å². The van der Waals surface area contributed by atoms with Gasteiger partial charge in [0.2, 0.25) is 11.8 Å². The lowest BCUT2D eigenvalue weighted by atomic mass is 9.75. The molecular weight excluding hydrogens is 402 g/mol. The van der Waals surface area contributed by atoms with E-state index in [0.29, 0.717) is 12.8 Å². The molecule has 2 atom stereocenters. The smallest absolute Gasteiger partial charge is 0.331 e. The number of carbonyl (C=O) groups is 5. The summed E-state index contributed by atoms with van der Waals surface area (Å²) in [5.74, 6) is -6.23. The number of carboxylic acids is 3. The molecule has 0 aromatic rings. The standard InChI is InChI=1S/C18H29N3O9/c1-11(22)20-17(7-4-3-5-8-17)30-10-12(23)21-16(2,14(26)27)18(19,15(28)29)9-6-13(24)25/h3-10,19H2,1-2H3,(H,20,22)(H,21,23)(H,24,25)(H,26,27)(H,28,29)/t16-,18-/m1/s1. The van der Waals surface area contributed by atoms with Crippen molar-refractivity contribution < 1.29 is 44.0 Å². The Morgan fingerprint density at radius 2 is 1.60 bits per heavy atom. The van der Waals surface area contributed by atoms with Gasteiger partial charge < -0.3 is 36.4 Å². The largest absolute Gasteiger partial charge is 0.481 e. The fourth-order valence-corrected chi connectivity index (χ4v) is 3.50. The minimum Gasteiger partial charge on any atom is -0.481 e. The maximum Gasteiger partial charge on any atom is 0.331 e. The second-order valence-corrected chi connectivity index (χ2v) is 7.67. The van der Waals surface area contributed by atoms with E-state index in [2.05, 4.69) is 10.6 Å². The van der Waals surface area contributed by atoms with Crippen LogP contribution in [0.25, 0.3) is 0 Å². The van der Waals surface area contributed by atoms with E-state index >= 15 is 0 Å². The fraction of sp³-hybridized carbons (Fsp3) is 0.722. The molecule has 1 fully saturated rings. The molecule has 2 amide bonds. The van der Waals surface area contributed by atoms with Gasteiger partial charge in [-0.15, -0.1) is 0 Å². The number of amides is 2. The van der Waals surface area contributed by atoms with Crippen LogP contribution in [0.5, 0.6) is 0 Å². The molecule has 170 valence electrons. The van der Waals surface area contributed by atoms with E-state index in [1.807, 2.05) is 0 Å². The highest BCUT2D eigenvalue weighted by molar-refractivity contribution is 5.96. The predicted octanol–water partition coefficient (Wildman–Crippen LogP) is -0.594. The van der Waals surface area contributed by atoms with E-state index in [-0.39, 0.29) is 5.91 Å². The van der Waals surface area contributed by atoms with Crippen LogP contribution in [0.15, 0.2) is 0 Å². The highest BCUT2D eigenvalue weighted by Crippen LogP contribution is 2.30. The first-order valence-electron chi connectivity index (χ1n) is 9.49. The Kier molecular flexibility index (Phi) is 8.31. The van der Waals surface area contributed by atoms with Crippen LogP contribution in [0, 0.1) is 0 Å². The van der Waals surface area contributed by atoms with Crippen molar-refractivity contribution in [3.8, 4) is 0 Å². The Labute approximate surface area is 173 Å². The van der Waals surface area contributed by atoms with E-state index in [4.69, 9.17) is 15.6 Å². The van der Waals surface area contributed by atoms with Gasteiger partial charge in [-0.1, -0.05) is 6.42 Å². The normalized spacial score (nSPS) is 19.6. The van der Waals surface area contributed by atoms with Gasteiger partial charge in [0.25, 0.3) is 0 Å². The first-order chi connectivity index (χ1) is 13.8. The van der Waals surface area contributed by atoms with E-state index in [1.165, 1.54) is 6.92 Å². The fourth-order valence-electron chi connectivity index (χ4n) is 3.50. The molecule has 1 rings (SSSR count). The summed E-state index contributed by atoms with van der Waals surface area (Å²) in [4.78, 5) is 58.4. The molecular formula is C18H29N3O9. The monoisotopic (exact) mass is 431 g/mol. The molecule has 7 N–H and O–H groups in total. The summed E-state index contributed by atoms with van der Waals surface area (Å²) in [6, 6.07) is 0. The highest BCUT2D eigenvalue weighted by Gasteiger charge is 2.57. The maximum atomic E-state index is 12.5. The van der Waals surface area contributed by atoms with E-state index < -0.39 is 60.1 Å². The SMILES string of the molecule is CC(=O)NC1(OCC(=O)N[C@](C)(C(=O)O)[C@@](N)(CCC(=O)O)C(=O)O)CCCCC1. The van der Waals surface area contributed by atoms with Crippen molar-refractivity contribution in [2.24, 2.45) is 5.73 Å². The second kappa shape index (κ2) is 9.85. The Morgan fingerprint density at radius 3 is 2.03 bits per heavy atom. The lowest BCUT2D eigenvalue weighted by molar-refractivity contribution is -0.163. The first-order valence-corrected chi connectivity index (χ1v) is 9.49. The topological polar surface area (TPSA) is 205 Å². The Bertz CT molecular complexity index is 705. The molecule has 0 heterocycles. The van der Waals surface area contributed by atoms with Gasteiger partial charge in [-0.2, -0.15) is 0 Å². The second-order valence-electron chi connectivity index (χ2n) is 7.67. The number of hydrogen-bond acceptors (Lipinski definition) is 7. The minimum absolute atomic E-state index is 0.354. The van der Waals surface area contributed by atoms with Gasteiger partial charge >= 0.3 is 17.9 Å². The van der Waals surface area contributed by atoms with Crippen molar-refractivity contribution in [2.75, 3.05) is 6.61 Å². The number of ether oxygens (including phenoxy) is 1. The number of hydrogen-bond donors (Lipinski definition) is 6. The van der Waals surface area contributed by atoms with E-state index in [1.54, 1.807) is 0 Å². The van der Waals surface area contributed by atoms with Crippen LogP contribution in [-0.4, -0.2) is 68.5 Å². The first kappa shape index (κ1) is 25.3. The Morgan fingerprint density at radius 1 is 1.03 bits per heavy atom. The van der Waals surface area contributed by atoms with Gasteiger partial charge in [0.05, 0.1) is 0 Å². The molecule has 30 heavy (non-hydrogen) atoms. The van der Waals surface area contributed by atoms with Crippen LogP contribution in [0.3, 0.4) is 0 Å². The summed E-state index contributed by atoms with van der Waals surface area (Å²) in [5.41, 5.74) is -0.410. The third-order valence-electron chi connectivity index (χ3n) is 5.37. The molecule has 12 nitrogen and oxygen atoms in total. The number of carboxylic acid groups (broad SMARTS) is 3. The molecule has 0 aromatic heterocycles. The molecule has 0 aliphatic heterocycles. The zero-order valence-corrected chi connectivity index (χ0v) is 17.0. The summed E-state index contributed by atoms with van der Waals surface area (Å²) in [7, 11) is 0.